The molecule has 0 spiro atoms. The normalized spacial score (nSPS) is 16.3. The van der Waals surface area contributed by atoms with Gasteiger partial charge in [-0.1, -0.05) is 182 Å². The molecule has 77 heavy (non-hydrogen) atoms. The van der Waals surface area contributed by atoms with Crippen LogP contribution >= 0.6 is 0 Å². The number of furan rings is 1. The topological polar surface area (TPSA) is 43.9 Å². The van der Waals surface area contributed by atoms with Crippen LogP contribution in [0.2, 0.25) is 0 Å². The van der Waals surface area contributed by atoms with Gasteiger partial charge in [-0.25, -0.2) is 0 Å². The number of hydrogen-bond donors (Lipinski definition) is 0. The van der Waals surface area contributed by atoms with E-state index in [1.807, 2.05) is 32.9 Å². The van der Waals surface area contributed by atoms with E-state index < -0.39 is 23.6 Å². The summed E-state index contributed by atoms with van der Waals surface area (Å²) in [6.45, 7) is 14.8. The molecule has 0 N–H and O–H groups in total. The minimum Gasteiger partial charge on any atom is -0.501 e. The molecule has 395 valence electrons. The molecular weight excluding hydrogens is 1120 g/mol. The van der Waals surface area contributed by atoms with Gasteiger partial charge in [0.1, 0.15) is 5.58 Å². The first-order valence-electron chi connectivity index (χ1n) is 29.7. The fourth-order valence-electron chi connectivity index (χ4n) is 11.5. The third kappa shape index (κ3) is 11.7. The summed E-state index contributed by atoms with van der Waals surface area (Å²) in [4.78, 5) is 9.61. The summed E-state index contributed by atoms with van der Waals surface area (Å²) in [5.74, 6) is -0.381. The van der Waals surface area contributed by atoms with Crippen LogP contribution in [0, 0.1) is 23.4 Å². The number of pyridine rings is 1. The Kier molecular flexibility index (Phi) is 14.8. The van der Waals surface area contributed by atoms with Gasteiger partial charge in [-0.2, -0.15) is 0 Å². The quantitative estimate of drug-likeness (QED) is 0.128. The molecule has 6 heteroatoms. The van der Waals surface area contributed by atoms with Gasteiger partial charge in [0.2, 0.25) is 0 Å². The largest absolute Gasteiger partial charge is 0.501 e. The van der Waals surface area contributed by atoms with Gasteiger partial charge in [-0.05, 0) is 148 Å². The Labute approximate surface area is 475 Å². The van der Waals surface area contributed by atoms with Crippen LogP contribution in [0.15, 0.2) is 156 Å². The van der Waals surface area contributed by atoms with Crippen molar-refractivity contribution in [3.63, 3.8) is 0 Å². The Morgan fingerprint density at radius 1 is 0.675 bits per heavy atom. The van der Waals surface area contributed by atoms with Crippen LogP contribution in [0.5, 0.6) is 0 Å². The predicted molar refractivity (Wildman–Crippen MR) is 315 cm³/mol. The molecule has 2 aliphatic rings. The number of halogens is 1. The zero-order valence-electron chi connectivity index (χ0n) is 49.6. The molecule has 7 aromatic carbocycles. The summed E-state index contributed by atoms with van der Waals surface area (Å²) < 4.78 is 58.3. The second-order valence-electron chi connectivity index (χ2n) is 22.7. The molecule has 3 aromatic heterocycles. The first kappa shape index (κ1) is 48.9. The molecule has 0 unspecified atom stereocenters. The van der Waals surface area contributed by atoms with E-state index in [0.717, 1.165) is 129 Å². The number of rotatable bonds is 10. The van der Waals surface area contributed by atoms with Crippen LogP contribution in [-0.4, -0.2) is 14.5 Å². The van der Waals surface area contributed by atoms with E-state index in [0.29, 0.717) is 16.8 Å². The summed E-state index contributed by atoms with van der Waals surface area (Å²) in [5.41, 5.74) is 16.1. The molecule has 12 rings (SSSR count). The van der Waals surface area contributed by atoms with Crippen LogP contribution in [0.1, 0.15) is 170 Å². The standard InChI is InChI=1S/C55H55N2O.C16H17FN.Ir/c1-35(2)48-32-44(43-30-41(38-19-10-6-11-20-38)29-42(31-43)39-21-12-7-13-22-39)33-49(36(3)4)53(48)57-51-26-15-14-25-50(51)56-55(57)47-24-16-23-46-45-28-27-40(34-52(45)58-54(46)47)37-17-8-5-9-18-37;1-16(2,3)11-12-8-9-18-15(10-12)13-4-6-14(17)7-5-13;/h5,8-9,14-18,23,25-36,38-39H,6-7,10-13,19-22H2,1-4H3;4,6-10H,11H2,1-3H3;/q2*-1;/i38D,39D;11D2;. The Morgan fingerprint density at radius 2 is 1.32 bits per heavy atom. The first-order valence-corrected chi connectivity index (χ1v) is 27.7. The van der Waals surface area contributed by atoms with Crippen molar-refractivity contribution in [1.82, 2.24) is 14.5 Å². The Morgan fingerprint density at radius 3 is 1.96 bits per heavy atom. The maximum atomic E-state index is 12.9. The van der Waals surface area contributed by atoms with E-state index in [1.54, 1.807) is 24.4 Å². The second kappa shape index (κ2) is 23.2. The number of fused-ring (bicyclic) bond motifs is 4. The first-order chi connectivity index (χ1) is 38.3. The third-order valence-corrected chi connectivity index (χ3v) is 15.3. The van der Waals surface area contributed by atoms with Crippen LogP contribution in [-0.2, 0) is 26.5 Å². The molecule has 10 aromatic rings. The van der Waals surface area contributed by atoms with Gasteiger partial charge in [-0.3, -0.25) is 9.37 Å². The molecule has 4 nitrogen and oxygen atoms in total. The second-order valence-corrected chi connectivity index (χ2v) is 22.7. The minimum absolute atomic E-state index is 0. The molecule has 2 aliphatic carbocycles. The number of benzene rings is 7. The predicted octanol–water partition coefficient (Wildman–Crippen LogP) is 20.3. The average Bonchev–Trinajstić information content (AvgIpc) is 4.12. The van der Waals surface area contributed by atoms with Crippen molar-refractivity contribution in [2.75, 3.05) is 0 Å². The van der Waals surface area contributed by atoms with Crippen LogP contribution in [0.25, 0.3) is 83.6 Å². The smallest absolute Gasteiger partial charge is 0.121 e. The van der Waals surface area contributed by atoms with E-state index in [4.69, 9.17) is 12.1 Å². The number of para-hydroxylation sites is 2. The van der Waals surface area contributed by atoms with Crippen molar-refractivity contribution >= 4 is 33.0 Å². The van der Waals surface area contributed by atoms with E-state index in [-0.39, 0.29) is 37.8 Å². The zero-order valence-corrected chi connectivity index (χ0v) is 48.0. The molecule has 0 bridgehead atoms. The van der Waals surface area contributed by atoms with Crippen LogP contribution < -0.4 is 0 Å². The molecule has 0 amide bonds. The van der Waals surface area contributed by atoms with Crippen molar-refractivity contribution < 1.29 is 34.4 Å². The Balaban J connectivity index is 0.000000297. The molecule has 2 saturated carbocycles. The maximum absolute atomic E-state index is 12.9. The summed E-state index contributed by atoms with van der Waals surface area (Å²) >= 11 is 0. The van der Waals surface area contributed by atoms with Gasteiger partial charge in [0, 0.05) is 48.7 Å². The van der Waals surface area contributed by atoms with Crippen molar-refractivity contribution in [2.45, 2.75) is 143 Å². The zero-order chi connectivity index (χ0) is 56.1. The molecule has 0 aliphatic heterocycles. The number of imidazole rings is 1. The fraction of sp³-hybridized carbons (Fsp3) is 0.324. The molecule has 2 fully saturated rings. The van der Waals surface area contributed by atoms with E-state index in [9.17, 15) is 7.13 Å². The van der Waals surface area contributed by atoms with Gasteiger partial charge in [0.05, 0.1) is 22.4 Å². The van der Waals surface area contributed by atoms with Gasteiger partial charge in [0.25, 0.3) is 0 Å². The van der Waals surface area contributed by atoms with Crippen molar-refractivity contribution in [1.29, 1.82) is 0 Å². The Bertz CT molecular complexity index is 3790. The summed E-state index contributed by atoms with van der Waals surface area (Å²) in [6.07, 6.45) is 10.4. The van der Waals surface area contributed by atoms with Gasteiger partial charge < -0.3 is 14.0 Å². The van der Waals surface area contributed by atoms with Crippen LogP contribution in [0.4, 0.5) is 4.39 Å². The van der Waals surface area contributed by atoms with E-state index in [2.05, 4.69) is 153 Å². The molecule has 1 radical (unpaired) electrons. The number of aromatic nitrogens is 3. The van der Waals surface area contributed by atoms with E-state index in [1.165, 1.54) is 41.7 Å². The van der Waals surface area contributed by atoms with Gasteiger partial charge in [0.15, 0.2) is 0 Å². The number of hydrogen-bond acceptors (Lipinski definition) is 3. The molecule has 3 heterocycles. The average molecular weight is 1200 g/mol. The minimum atomic E-state index is -1.48. The van der Waals surface area contributed by atoms with Crippen molar-refractivity contribution in [2.24, 2.45) is 5.41 Å². The van der Waals surface area contributed by atoms with Gasteiger partial charge in [-0.15, -0.1) is 48.0 Å². The summed E-state index contributed by atoms with van der Waals surface area (Å²) in [5, 5.41) is 2.12. The molecule has 0 saturated heterocycles. The van der Waals surface area contributed by atoms with E-state index >= 15 is 0 Å². The monoisotopic (exact) mass is 1200 g/mol. The van der Waals surface area contributed by atoms with Crippen molar-refractivity contribution in [3.8, 4) is 50.6 Å². The summed E-state index contributed by atoms with van der Waals surface area (Å²) in [6, 6.07) is 55.2. The Hall–Kier alpha value is -6.46. The third-order valence-electron chi connectivity index (χ3n) is 15.3. The fourth-order valence-corrected chi connectivity index (χ4v) is 11.5. The van der Waals surface area contributed by atoms with Gasteiger partial charge >= 0.3 is 0 Å². The molecular formula is C71H72FIrN3O-2. The molecule has 0 atom stereocenters. The number of nitrogens with zero attached hydrogens (tertiary/aromatic N) is 3. The van der Waals surface area contributed by atoms with Crippen molar-refractivity contribution in [3.05, 3.63) is 198 Å². The summed E-state index contributed by atoms with van der Waals surface area (Å²) in [7, 11) is 0. The SMILES string of the molecule is [2H]C([2H])(c1ccnc(-c2[c-]cc(F)cc2)c1)C(C)(C)C.[2H]C1(c2cc(-c3cc(C(C)C)c(-n4c(-c5[c-]ccc6c5oc5cc(-c7ccccc7)ccc56)nc5ccccc54)c(C(C)C)c3)cc(C3([2H])CCCCC3)c2)CCCCC1.[Ir]. The maximum Gasteiger partial charge on any atom is 0.121 e. The van der Waals surface area contributed by atoms with Crippen LogP contribution in [0.3, 0.4) is 0 Å².